The molecule has 0 atom stereocenters. The van der Waals surface area contributed by atoms with Crippen molar-refractivity contribution in [3.63, 3.8) is 0 Å². The number of aromatic hydroxyl groups is 1. The molecule has 0 fully saturated rings. The summed E-state index contributed by atoms with van der Waals surface area (Å²) in [6, 6.07) is 14.9. The van der Waals surface area contributed by atoms with Crippen LogP contribution in [0, 0.1) is 0 Å². The Bertz CT molecular complexity index is 766. The summed E-state index contributed by atoms with van der Waals surface area (Å²) in [7, 11) is 0. The molecule has 0 bridgehead atoms. The van der Waals surface area contributed by atoms with Crippen molar-refractivity contribution in [3.8, 4) is 5.75 Å². The van der Waals surface area contributed by atoms with Crippen LogP contribution in [0.1, 0.15) is 0 Å². The van der Waals surface area contributed by atoms with E-state index in [-0.39, 0.29) is 5.75 Å². The van der Waals surface area contributed by atoms with E-state index in [0.29, 0.717) is 10.8 Å². The first-order valence-electron chi connectivity index (χ1n) is 6.15. The number of aromatic nitrogens is 1. The van der Waals surface area contributed by atoms with Crippen molar-refractivity contribution >= 4 is 39.6 Å². The van der Waals surface area contributed by atoms with E-state index in [0.717, 1.165) is 16.6 Å². The molecule has 3 rings (SSSR count). The van der Waals surface area contributed by atoms with Crippen LogP contribution in [0.3, 0.4) is 0 Å². The Kier molecular flexibility index (Phi) is 3.26. The molecule has 1 heterocycles. The van der Waals surface area contributed by atoms with E-state index in [1.165, 1.54) is 0 Å². The highest BCUT2D eigenvalue weighted by Crippen LogP contribution is 2.22. The van der Waals surface area contributed by atoms with Gasteiger partial charge in [-0.15, -0.1) is 0 Å². The number of fused-ring (bicyclic) bond motifs is 1. The summed E-state index contributed by atoms with van der Waals surface area (Å²) in [5, 5.41) is 17.3. The van der Waals surface area contributed by atoms with Crippen molar-refractivity contribution in [2.24, 2.45) is 0 Å². The Morgan fingerprint density at radius 2 is 1.90 bits per heavy atom. The lowest BCUT2D eigenvalue weighted by molar-refractivity contribution is 0.478. The molecule has 20 heavy (non-hydrogen) atoms. The molecule has 4 nitrogen and oxygen atoms in total. The summed E-state index contributed by atoms with van der Waals surface area (Å²) >= 11 is 5.24. The number of H-pyrrole nitrogens is 1. The van der Waals surface area contributed by atoms with Gasteiger partial charge in [-0.25, -0.2) is 0 Å². The molecule has 0 amide bonds. The zero-order chi connectivity index (χ0) is 13.9. The van der Waals surface area contributed by atoms with Crippen LogP contribution in [-0.2, 0) is 0 Å². The standard InChI is InChI=1S/C15H13N3OS/c19-14-4-2-1-3-12(14)18-15(20)17-11-6-5-10-7-8-16-13(10)9-11/h1-9,16,19H,(H2,17,18,20). The SMILES string of the molecule is Oc1ccccc1NC(=S)Nc1ccc2cc[nH]c2c1. The predicted octanol–water partition coefficient (Wildman–Crippen LogP) is 3.68. The quantitative estimate of drug-likeness (QED) is 0.428. The molecule has 5 heteroatoms. The van der Waals surface area contributed by atoms with Gasteiger partial charge >= 0.3 is 0 Å². The third kappa shape index (κ3) is 2.57. The summed E-state index contributed by atoms with van der Waals surface area (Å²) < 4.78 is 0. The van der Waals surface area contributed by atoms with Gasteiger partial charge in [0.15, 0.2) is 5.11 Å². The number of hydrogen-bond acceptors (Lipinski definition) is 2. The zero-order valence-electron chi connectivity index (χ0n) is 10.6. The van der Waals surface area contributed by atoms with Gasteiger partial charge in [-0.05, 0) is 47.9 Å². The van der Waals surface area contributed by atoms with Crippen molar-refractivity contribution < 1.29 is 5.11 Å². The van der Waals surface area contributed by atoms with Crippen molar-refractivity contribution in [1.29, 1.82) is 0 Å². The van der Waals surface area contributed by atoms with E-state index < -0.39 is 0 Å². The van der Waals surface area contributed by atoms with Gasteiger partial charge in [0.1, 0.15) is 5.75 Å². The fraction of sp³-hybridized carbons (Fsp3) is 0. The minimum Gasteiger partial charge on any atom is -0.506 e. The predicted molar refractivity (Wildman–Crippen MR) is 86.2 cm³/mol. The van der Waals surface area contributed by atoms with Crippen LogP contribution in [-0.4, -0.2) is 15.2 Å². The Morgan fingerprint density at radius 3 is 2.75 bits per heavy atom. The number of nitrogens with one attached hydrogen (secondary N) is 3. The minimum absolute atomic E-state index is 0.163. The average molecular weight is 283 g/mol. The topological polar surface area (TPSA) is 60.1 Å². The van der Waals surface area contributed by atoms with Crippen LogP contribution in [0.2, 0.25) is 0 Å². The van der Waals surface area contributed by atoms with Crippen LogP contribution in [0.25, 0.3) is 10.9 Å². The average Bonchev–Trinajstić information content (AvgIpc) is 2.89. The fourth-order valence-electron chi connectivity index (χ4n) is 1.99. The van der Waals surface area contributed by atoms with Gasteiger partial charge in [-0.3, -0.25) is 0 Å². The van der Waals surface area contributed by atoms with Crippen molar-refractivity contribution in [2.75, 3.05) is 10.6 Å². The minimum atomic E-state index is 0.163. The van der Waals surface area contributed by atoms with Crippen LogP contribution < -0.4 is 10.6 Å². The molecule has 3 aromatic rings. The molecule has 0 saturated heterocycles. The van der Waals surface area contributed by atoms with Crippen molar-refractivity contribution in [3.05, 3.63) is 54.7 Å². The Hall–Kier alpha value is -2.53. The smallest absolute Gasteiger partial charge is 0.175 e. The second-order valence-corrected chi connectivity index (χ2v) is 4.78. The highest BCUT2D eigenvalue weighted by molar-refractivity contribution is 7.80. The number of phenols is 1. The fourth-order valence-corrected chi connectivity index (χ4v) is 2.22. The van der Waals surface area contributed by atoms with Gasteiger partial charge in [-0.2, -0.15) is 0 Å². The van der Waals surface area contributed by atoms with Crippen LogP contribution >= 0.6 is 12.2 Å². The van der Waals surface area contributed by atoms with E-state index >= 15 is 0 Å². The molecule has 0 aliphatic heterocycles. The number of anilines is 2. The molecule has 4 N–H and O–H groups in total. The Balaban J connectivity index is 1.74. The first-order valence-corrected chi connectivity index (χ1v) is 6.56. The number of benzene rings is 2. The Labute approximate surface area is 121 Å². The van der Waals surface area contributed by atoms with Gasteiger partial charge in [0, 0.05) is 17.4 Å². The summed E-state index contributed by atoms with van der Waals surface area (Å²) in [4.78, 5) is 3.15. The number of rotatable bonds is 2. The first-order chi connectivity index (χ1) is 9.72. The third-order valence-corrected chi connectivity index (χ3v) is 3.17. The summed E-state index contributed by atoms with van der Waals surface area (Å²) in [5.41, 5.74) is 2.50. The van der Waals surface area contributed by atoms with Gasteiger partial charge in [0.2, 0.25) is 0 Å². The molecule has 0 spiro atoms. The second-order valence-electron chi connectivity index (χ2n) is 4.38. The number of para-hydroxylation sites is 2. The van der Waals surface area contributed by atoms with Crippen LogP contribution in [0.15, 0.2) is 54.7 Å². The molecule has 2 aromatic carbocycles. The molecular weight excluding hydrogens is 270 g/mol. The first kappa shape index (κ1) is 12.5. The third-order valence-electron chi connectivity index (χ3n) is 2.97. The lowest BCUT2D eigenvalue weighted by Crippen LogP contribution is -2.19. The molecule has 0 radical (unpaired) electrons. The van der Waals surface area contributed by atoms with E-state index in [1.54, 1.807) is 18.2 Å². The Morgan fingerprint density at radius 1 is 1.05 bits per heavy atom. The highest BCUT2D eigenvalue weighted by atomic mass is 32.1. The molecule has 1 aromatic heterocycles. The van der Waals surface area contributed by atoms with E-state index in [9.17, 15) is 5.11 Å². The maximum Gasteiger partial charge on any atom is 0.175 e. The summed E-state index contributed by atoms with van der Waals surface area (Å²) in [6.07, 6.45) is 1.90. The molecule has 100 valence electrons. The van der Waals surface area contributed by atoms with Gasteiger partial charge < -0.3 is 20.7 Å². The summed E-state index contributed by atoms with van der Waals surface area (Å²) in [6.45, 7) is 0. The monoisotopic (exact) mass is 283 g/mol. The van der Waals surface area contributed by atoms with Crippen LogP contribution in [0.4, 0.5) is 11.4 Å². The van der Waals surface area contributed by atoms with E-state index in [4.69, 9.17) is 12.2 Å². The normalized spacial score (nSPS) is 10.4. The maximum atomic E-state index is 9.68. The number of phenolic OH excluding ortho intramolecular Hbond substituents is 1. The second kappa shape index (κ2) is 5.22. The highest BCUT2D eigenvalue weighted by Gasteiger charge is 2.03. The maximum absolute atomic E-state index is 9.68. The molecule has 0 unspecified atom stereocenters. The molecule has 0 aliphatic carbocycles. The van der Waals surface area contributed by atoms with Gasteiger partial charge in [0.05, 0.1) is 5.69 Å². The van der Waals surface area contributed by atoms with Crippen molar-refractivity contribution in [2.45, 2.75) is 0 Å². The number of thiocarbonyl (C=S) groups is 1. The van der Waals surface area contributed by atoms with Crippen LogP contribution in [0.5, 0.6) is 5.75 Å². The van der Waals surface area contributed by atoms with E-state index in [2.05, 4.69) is 15.6 Å². The lowest BCUT2D eigenvalue weighted by Gasteiger charge is -2.11. The number of aromatic amines is 1. The number of hydrogen-bond donors (Lipinski definition) is 4. The zero-order valence-corrected chi connectivity index (χ0v) is 11.4. The largest absolute Gasteiger partial charge is 0.506 e. The van der Waals surface area contributed by atoms with Crippen molar-refractivity contribution in [1.82, 2.24) is 4.98 Å². The molecule has 0 aliphatic rings. The lowest BCUT2D eigenvalue weighted by atomic mass is 10.2. The molecular formula is C15H13N3OS. The van der Waals surface area contributed by atoms with Gasteiger partial charge in [-0.1, -0.05) is 18.2 Å². The molecule has 0 saturated carbocycles. The van der Waals surface area contributed by atoms with E-state index in [1.807, 2.05) is 36.5 Å². The summed E-state index contributed by atoms with van der Waals surface area (Å²) in [5.74, 6) is 0.163. The van der Waals surface area contributed by atoms with Gasteiger partial charge in [0.25, 0.3) is 0 Å².